The molecule has 4 rings (SSSR count). The zero-order valence-electron chi connectivity index (χ0n) is 16.2. The highest BCUT2D eigenvalue weighted by molar-refractivity contribution is 7.16. The average molecular weight is 433 g/mol. The zero-order valence-corrected chi connectivity index (χ0v) is 17.0. The van der Waals surface area contributed by atoms with Crippen LogP contribution in [0.5, 0.6) is 0 Å². The molecule has 1 aliphatic heterocycles. The van der Waals surface area contributed by atoms with Gasteiger partial charge in [0.2, 0.25) is 0 Å². The molecule has 0 fully saturated rings. The predicted octanol–water partition coefficient (Wildman–Crippen LogP) is 4.83. The van der Waals surface area contributed by atoms with Crippen LogP contribution in [0, 0.1) is 10.1 Å². The van der Waals surface area contributed by atoms with Gasteiger partial charge in [-0.3, -0.25) is 14.9 Å². The molecule has 1 amide bonds. The Labute approximate surface area is 180 Å². The maximum absolute atomic E-state index is 12.9. The lowest BCUT2D eigenvalue weighted by Crippen LogP contribution is -2.21. The van der Waals surface area contributed by atoms with Gasteiger partial charge >= 0.3 is 5.97 Å². The quantitative estimate of drug-likeness (QED) is 0.352. The number of anilines is 1. The van der Waals surface area contributed by atoms with Gasteiger partial charge in [0.15, 0.2) is 0 Å². The highest BCUT2D eigenvalue weighted by atomic mass is 32.1. The van der Waals surface area contributed by atoms with Crippen molar-refractivity contribution in [1.82, 2.24) is 0 Å². The number of carbonyl (C=O) groups is 2. The number of aromatic carboxylic acids is 1. The highest BCUT2D eigenvalue weighted by Crippen LogP contribution is 2.33. The molecule has 1 aliphatic rings. The summed E-state index contributed by atoms with van der Waals surface area (Å²) in [6.45, 7) is 1.73. The zero-order chi connectivity index (χ0) is 22.1. The molecule has 0 bridgehead atoms. The smallest absolute Gasteiger partial charge is 0.335 e. The van der Waals surface area contributed by atoms with Crippen LogP contribution in [0.1, 0.15) is 22.2 Å². The van der Waals surface area contributed by atoms with E-state index in [1.807, 2.05) is 12.1 Å². The van der Waals surface area contributed by atoms with E-state index in [-0.39, 0.29) is 17.2 Å². The molecule has 1 N–H and O–H groups in total. The Morgan fingerprint density at radius 2 is 1.90 bits per heavy atom. The monoisotopic (exact) mass is 433 g/mol. The van der Waals surface area contributed by atoms with Gasteiger partial charge < -0.3 is 5.11 Å². The summed E-state index contributed by atoms with van der Waals surface area (Å²) >= 11 is 1.41. The standard InChI is InChI=1S/C22H15N3O5S/c1-13-19(21(26)24(23-13)16-7-5-14(6-8-16)22(27)28)12-18-9-10-20(31-18)15-3-2-4-17(11-15)25(29)30/h2-12H,1H3,(H,27,28). The lowest BCUT2D eigenvalue weighted by Gasteiger charge is -2.11. The third kappa shape index (κ3) is 3.99. The van der Waals surface area contributed by atoms with Crippen molar-refractivity contribution in [3.05, 3.63) is 86.8 Å². The van der Waals surface area contributed by atoms with Gasteiger partial charge in [0.05, 0.1) is 27.5 Å². The van der Waals surface area contributed by atoms with Crippen molar-refractivity contribution in [1.29, 1.82) is 0 Å². The van der Waals surface area contributed by atoms with Gasteiger partial charge in [-0.15, -0.1) is 11.3 Å². The SMILES string of the molecule is CC1=NN(c2ccc(C(=O)O)cc2)C(=O)C1=Cc1ccc(-c2cccc([N+](=O)[O-])c2)s1. The number of carbonyl (C=O) groups excluding carboxylic acids is 1. The van der Waals surface area contributed by atoms with Crippen LogP contribution in [0.3, 0.4) is 0 Å². The van der Waals surface area contributed by atoms with E-state index in [1.165, 1.54) is 52.7 Å². The summed E-state index contributed by atoms with van der Waals surface area (Å²) in [5, 5.41) is 25.6. The number of benzene rings is 2. The van der Waals surface area contributed by atoms with Crippen molar-refractivity contribution < 1.29 is 19.6 Å². The maximum atomic E-state index is 12.9. The number of carboxylic acid groups (broad SMARTS) is 1. The van der Waals surface area contributed by atoms with Gasteiger partial charge in [-0.05, 0) is 55.0 Å². The van der Waals surface area contributed by atoms with Gasteiger partial charge in [-0.25, -0.2) is 4.79 Å². The van der Waals surface area contributed by atoms with Crippen molar-refractivity contribution in [2.75, 3.05) is 5.01 Å². The van der Waals surface area contributed by atoms with Gasteiger partial charge in [0.1, 0.15) is 0 Å². The first-order chi connectivity index (χ1) is 14.8. The number of hydrogen-bond acceptors (Lipinski definition) is 6. The Morgan fingerprint density at radius 3 is 2.58 bits per heavy atom. The Kier molecular flexibility index (Phi) is 5.18. The third-order valence-corrected chi connectivity index (χ3v) is 5.76. The number of thiophene rings is 1. The molecule has 0 unspecified atom stereocenters. The van der Waals surface area contributed by atoms with E-state index >= 15 is 0 Å². The lowest BCUT2D eigenvalue weighted by atomic mass is 10.1. The molecule has 0 saturated carbocycles. The largest absolute Gasteiger partial charge is 0.478 e. The predicted molar refractivity (Wildman–Crippen MR) is 118 cm³/mol. The van der Waals surface area contributed by atoms with Gasteiger partial charge in [0, 0.05) is 21.9 Å². The molecule has 9 heteroatoms. The van der Waals surface area contributed by atoms with Gasteiger partial charge in [-0.2, -0.15) is 10.1 Å². The van der Waals surface area contributed by atoms with Crippen molar-refractivity contribution in [2.24, 2.45) is 5.10 Å². The second-order valence-corrected chi connectivity index (χ2v) is 7.84. The van der Waals surface area contributed by atoms with Gasteiger partial charge in [-0.1, -0.05) is 12.1 Å². The van der Waals surface area contributed by atoms with Crippen molar-refractivity contribution >= 4 is 46.4 Å². The number of carboxylic acids is 1. The summed E-state index contributed by atoms with van der Waals surface area (Å²) in [5.41, 5.74) is 2.31. The fourth-order valence-electron chi connectivity index (χ4n) is 3.11. The second kappa shape index (κ2) is 7.96. The molecule has 0 radical (unpaired) electrons. The van der Waals surface area contributed by atoms with E-state index in [0.29, 0.717) is 17.0 Å². The molecular formula is C22H15N3O5S. The minimum absolute atomic E-state index is 0.0179. The van der Waals surface area contributed by atoms with Crippen LogP contribution in [-0.2, 0) is 4.79 Å². The fourth-order valence-corrected chi connectivity index (χ4v) is 4.05. The maximum Gasteiger partial charge on any atom is 0.335 e. The molecule has 0 atom stereocenters. The molecule has 3 aromatic rings. The molecule has 0 spiro atoms. The Hall–Kier alpha value is -4.11. The second-order valence-electron chi connectivity index (χ2n) is 6.72. The number of nitro benzene ring substituents is 1. The number of non-ortho nitro benzene ring substituents is 1. The molecule has 0 saturated heterocycles. The van der Waals surface area contributed by atoms with Crippen LogP contribution in [0.4, 0.5) is 11.4 Å². The van der Waals surface area contributed by atoms with Gasteiger partial charge in [0.25, 0.3) is 11.6 Å². The summed E-state index contributed by atoms with van der Waals surface area (Å²) in [6, 6.07) is 16.0. The molecule has 0 aliphatic carbocycles. The molecule has 2 heterocycles. The van der Waals surface area contributed by atoms with E-state index < -0.39 is 10.9 Å². The van der Waals surface area contributed by atoms with Crippen LogP contribution in [0.25, 0.3) is 16.5 Å². The number of amides is 1. The Bertz CT molecular complexity index is 1270. The van der Waals surface area contributed by atoms with Crippen molar-refractivity contribution in [3.8, 4) is 10.4 Å². The fraction of sp³-hybridized carbons (Fsp3) is 0.0455. The van der Waals surface area contributed by atoms with Crippen molar-refractivity contribution in [2.45, 2.75) is 6.92 Å². The van der Waals surface area contributed by atoms with E-state index in [0.717, 1.165) is 15.3 Å². The van der Waals surface area contributed by atoms with Crippen LogP contribution in [-0.4, -0.2) is 27.6 Å². The molecule has 154 valence electrons. The summed E-state index contributed by atoms with van der Waals surface area (Å²) in [6.07, 6.45) is 1.73. The Balaban J connectivity index is 1.59. The Morgan fingerprint density at radius 1 is 1.16 bits per heavy atom. The van der Waals surface area contributed by atoms with E-state index in [9.17, 15) is 19.7 Å². The minimum atomic E-state index is -1.04. The lowest BCUT2D eigenvalue weighted by molar-refractivity contribution is -0.384. The van der Waals surface area contributed by atoms with E-state index in [2.05, 4.69) is 5.10 Å². The summed E-state index contributed by atoms with van der Waals surface area (Å²) in [5.74, 6) is -1.36. The first kappa shape index (κ1) is 20.2. The topological polar surface area (TPSA) is 113 Å². The minimum Gasteiger partial charge on any atom is -0.478 e. The number of nitrogens with zero attached hydrogens (tertiary/aromatic N) is 3. The normalized spacial score (nSPS) is 14.7. The summed E-state index contributed by atoms with van der Waals surface area (Å²) < 4.78 is 0. The summed E-state index contributed by atoms with van der Waals surface area (Å²) in [7, 11) is 0. The van der Waals surface area contributed by atoms with Crippen molar-refractivity contribution in [3.63, 3.8) is 0 Å². The highest BCUT2D eigenvalue weighted by Gasteiger charge is 2.29. The number of nitro groups is 1. The first-order valence-corrected chi connectivity index (χ1v) is 9.95. The van der Waals surface area contributed by atoms with Crippen LogP contribution < -0.4 is 5.01 Å². The number of rotatable bonds is 5. The van der Waals surface area contributed by atoms with Crippen LogP contribution in [0.15, 0.2) is 71.3 Å². The molecule has 8 nitrogen and oxygen atoms in total. The first-order valence-electron chi connectivity index (χ1n) is 9.13. The number of hydrogen-bond donors (Lipinski definition) is 1. The van der Waals surface area contributed by atoms with E-state index in [4.69, 9.17) is 5.11 Å². The number of hydrazone groups is 1. The molecule has 1 aromatic heterocycles. The van der Waals surface area contributed by atoms with Crippen LogP contribution >= 0.6 is 11.3 Å². The van der Waals surface area contributed by atoms with Crippen LogP contribution in [0.2, 0.25) is 0 Å². The average Bonchev–Trinajstić information content (AvgIpc) is 3.34. The third-order valence-electron chi connectivity index (χ3n) is 4.68. The molecule has 31 heavy (non-hydrogen) atoms. The molecular weight excluding hydrogens is 418 g/mol. The van der Waals surface area contributed by atoms with E-state index in [1.54, 1.807) is 25.1 Å². The molecule has 2 aromatic carbocycles. The summed E-state index contributed by atoms with van der Waals surface area (Å²) in [4.78, 5) is 36.1.